The van der Waals surface area contributed by atoms with Crippen molar-refractivity contribution in [2.75, 3.05) is 6.61 Å². The largest absolute Gasteiger partial charge is 0.479 e. The van der Waals surface area contributed by atoms with Gasteiger partial charge in [-0.1, -0.05) is 0 Å². The molecule has 256 valence electrons. The highest BCUT2D eigenvalue weighted by atomic mass is 16.7. The molecule has 3 saturated heterocycles. The van der Waals surface area contributed by atoms with Gasteiger partial charge in [0.05, 0.1) is 6.61 Å². The van der Waals surface area contributed by atoms with Crippen LogP contribution in [-0.4, -0.2) is 169 Å². The molecule has 0 saturated carbocycles. The average Bonchev–Trinajstić information content (AvgIpc) is 2.93. The summed E-state index contributed by atoms with van der Waals surface area (Å²) in [5.41, 5.74) is 0. The molecule has 3 fully saturated rings. The first-order chi connectivity index (χ1) is 21.0. The maximum absolute atomic E-state index is 12.3. The highest BCUT2D eigenvalue weighted by molar-refractivity contribution is 5.76. The first-order valence-corrected chi connectivity index (χ1v) is 13.5. The van der Waals surface area contributed by atoms with Crippen LogP contribution in [0.4, 0.5) is 0 Å². The summed E-state index contributed by atoms with van der Waals surface area (Å²) in [6.45, 7) is 2.23. The van der Waals surface area contributed by atoms with Gasteiger partial charge in [0.25, 0.3) is 0 Å². The van der Waals surface area contributed by atoms with Gasteiger partial charge in [-0.25, -0.2) is 9.59 Å². The van der Waals surface area contributed by atoms with Gasteiger partial charge in [-0.2, -0.15) is 0 Å². The molecule has 21 heteroatoms. The van der Waals surface area contributed by atoms with Crippen LogP contribution in [0.1, 0.15) is 20.8 Å². The normalized spacial score (nSPS) is 41.8. The first-order valence-electron chi connectivity index (χ1n) is 13.5. The fourth-order valence-corrected chi connectivity index (χ4v) is 5.22. The van der Waals surface area contributed by atoms with Crippen molar-refractivity contribution in [2.45, 2.75) is 113 Å². The third-order valence-electron chi connectivity index (χ3n) is 7.23. The number of nitrogens with one attached hydrogen (secondary N) is 3. The molecule has 0 radical (unpaired) electrons. The zero-order valence-electron chi connectivity index (χ0n) is 24.0. The van der Waals surface area contributed by atoms with E-state index in [1.54, 1.807) is 0 Å². The number of aliphatic carboxylic acids is 2. The number of carboxylic acid groups (broad SMARTS) is 2. The molecule has 3 heterocycles. The van der Waals surface area contributed by atoms with Gasteiger partial charge in [0, 0.05) is 20.8 Å². The Morgan fingerprint density at radius 2 is 1.04 bits per heavy atom. The van der Waals surface area contributed by atoms with Gasteiger partial charge in [-0.05, 0) is 0 Å². The summed E-state index contributed by atoms with van der Waals surface area (Å²) in [6.07, 6.45) is -23.4. The van der Waals surface area contributed by atoms with E-state index in [2.05, 4.69) is 16.0 Å². The molecule has 0 aliphatic carbocycles. The van der Waals surface area contributed by atoms with Crippen molar-refractivity contribution in [3.63, 3.8) is 0 Å². The monoisotopic (exact) mass is 655 g/mol. The molecule has 3 aliphatic heterocycles. The third-order valence-corrected chi connectivity index (χ3v) is 7.23. The smallest absolute Gasteiger partial charge is 0.335 e. The van der Waals surface area contributed by atoms with E-state index in [9.17, 15) is 64.8 Å². The number of carboxylic acids is 2. The van der Waals surface area contributed by atoms with Gasteiger partial charge in [0.15, 0.2) is 31.1 Å². The molecule has 0 spiro atoms. The Morgan fingerprint density at radius 3 is 1.51 bits per heavy atom. The second-order valence-corrected chi connectivity index (χ2v) is 10.6. The molecule has 3 amide bonds. The van der Waals surface area contributed by atoms with Crippen molar-refractivity contribution < 1.29 is 88.5 Å². The van der Waals surface area contributed by atoms with Crippen molar-refractivity contribution in [2.24, 2.45) is 0 Å². The zero-order chi connectivity index (χ0) is 33.9. The number of hydrogen-bond donors (Lipinski definition) is 11. The first kappa shape index (κ1) is 36.4. The standard InChI is InChI=1S/C24H37N3O18/c1-5(29)25-9-13(33)15(35)18(20(36)37)44-23(9)43-17-14(34)10(26-6(2)30)24(45-19(17)21(38)39)42-16-11(27-7(3)31)22(40)41-8(4-28)12(16)32/h8-19,22-24,28,32-35,40H,4H2,1-3H3,(H,25,29)(H,26,30)(H,27,31)(H,36,37)(H,38,39)/t8-,9+,10+,11-,12-,13-,14-,15+,16-,17+,18+,19+,22+,23?,24?/m1/s1. The lowest BCUT2D eigenvalue weighted by atomic mass is 9.93. The Morgan fingerprint density at radius 1 is 0.600 bits per heavy atom. The van der Waals surface area contributed by atoms with E-state index in [4.69, 9.17) is 23.7 Å². The molecule has 45 heavy (non-hydrogen) atoms. The molecule has 0 aromatic rings. The van der Waals surface area contributed by atoms with Crippen molar-refractivity contribution >= 4 is 29.7 Å². The molecule has 3 aliphatic rings. The van der Waals surface area contributed by atoms with Crippen molar-refractivity contribution in [3.8, 4) is 0 Å². The second kappa shape index (κ2) is 15.0. The minimum Gasteiger partial charge on any atom is -0.479 e. The van der Waals surface area contributed by atoms with E-state index in [1.807, 2.05) is 0 Å². The van der Waals surface area contributed by atoms with Gasteiger partial charge in [0.2, 0.25) is 17.7 Å². The number of amides is 3. The van der Waals surface area contributed by atoms with Crippen LogP contribution in [-0.2, 0) is 47.7 Å². The molecule has 11 N–H and O–H groups in total. The van der Waals surface area contributed by atoms with Crippen LogP contribution in [0.2, 0.25) is 0 Å². The van der Waals surface area contributed by atoms with Gasteiger partial charge in [0.1, 0.15) is 60.9 Å². The van der Waals surface area contributed by atoms with Crippen LogP contribution in [0.15, 0.2) is 0 Å². The predicted octanol–water partition coefficient (Wildman–Crippen LogP) is -6.96. The predicted molar refractivity (Wildman–Crippen MR) is 137 cm³/mol. The number of rotatable bonds is 10. The lowest BCUT2D eigenvalue weighted by Crippen LogP contribution is -2.71. The summed E-state index contributed by atoms with van der Waals surface area (Å²) in [7, 11) is 0. The minimum absolute atomic E-state index is 0.723. The van der Waals surface area contributed by atoms with E-state index in [0.717, 1.165) is 20.8 Å². The summed E-state index contributed by atoms with van der Waals surface area (Å²) >= 11 is 0. The molecule has 3 rings (SSSR count). The van der Waals surface area contributed by atoms with Crippen LogP contribution < -0.4 is 16.0 Å². The fraction of sp³-hybridized carbons (Fsp3) is 0.792. The lowest BCUT2D eigenvalue weighted by molar-refractivity contribution is -0.341. The van der Waals surface area contributed by atoms with Crippen LogP contribution >= 0.6 is 0 Å². The highest BCUT2D eigenvalue weighted by Crippen LogP contribution is 2.32. The maximum atomic E-state index is 12.3. The number of hydrogen-bond acceptors (Lipinski definition) is 16. The summed E-state index contributed by atoms with van der Waals surface area (Å²) in [5, 5.41) is 89.0. The summed E-state index contributed by atoms with van der Waals surface area (Å²) in [4.78, 5) is 59.7. The molecule has 21 nitrogen and oxygen atoms in total. The second-order valence-electron chi connectivity index (χ2n) is 10.6. The van der Waals surface area contributed by atoms with Crippen LogP contribution in [0.3, 0.4) is 0 Å². The Balaban J connectivity index is 1.98. The lowest BCUT2D eigenvalue weighted by Gasteiger charge is -2.49. The zero-order valence-corrected chi connectivity index (χ0v) is 24.0. The molecule has 0 bridgehead atoms. The van der Waals surface area contributed by atoms with Crippen LogP contribution in [0, 0.1) is 0 Å². The third kappa shape index (κ3) is 8.20. The van der Waals surface area contributed by atoms with Gasteiger partial charge < -0.3 is 80.5 Å². The number of aliphatic hydroxyl groups is 6. The molecule has 0 aromatic heterocycles. The van der Waals surface area contributed by atoms with E-state index in [-0.39, 0.29) is 0 Å². The van der Waals surface area contributed by atoms with Gasteiger partial charge in [-0.15, -0.1) is 0 Å². The number of ether oxygens (including phenoxy) is 5. The van der Waals surface area contributed by atoms with Crippen LogP contribution in [0.25, 0.3) is 0 Å². The van der Waals surface area contributed by atoms with Crippen molar-refractivity contribution in [1.29, 1.82) is 0 Å². The molecular formula is C24H37N3O18. The van der Waals surface area contributed by atoms with Crippen molar-refractivity contribution in [3.05, 3.63) is 0 Å². The quantitative estimate of drug-likeness (QED) is 0.104. The summed E-state index contributed by atoms with van der Waals surface area (Å²) in [6, 6.07) is -4.98. The molecule has 15 atom stereocenters. The van der Waals surface area contributed by atoms with Gasteiger partial charge in [-0.3, -0.25) is 14.4 Å². The Labute approximate surface area is 253 Å². The average molecular weight is 656 g/mol. The molecule has 2 unspecified atom stereocenters. The molecule has 0 aromatic carbocycles. The Kier molecular flexibility index (Phi) is 12.1. The van der Waals surface area contributed by atoms with E-state index >= 15 is 0 Å². The number of carbonyl (C=O) groups is 5. The van der Waals surface area contributed by atoms with Gasteiger partial charge >= 0.3 is 11.9 Å². The summed E-state index contributed by atoms with van der Waals surface area (Å²) in [5.74, 6) is -5.92. The fourth-order valence-electron chi connectivity index (χ4n) is 5.22. The number of carbonyl (C=O) groups excluding carboxylic acids is 3. The molecular weight excluding hydrogens is 618 g/mol. The van der Waals surface area contributed by atoms with E-state index in [0.29, 0.717) is 0 Å². The topological polar surface area (TPSA) is 329 Å². The van der Waals surface area contributed by atoms with Crippen molar-refractivity contribution in [1.82, 2.24) is 16.0 Å². The van der Waals surface area contributed by atoms with E-state index < -0.39 is 128 Å². The maximum Gasteiger partial charge on any atom is 0.335 e. The minimum atomic E-state index is -2.22. The van der Waals surface area contributed by atoms with E-state index in [1.165, 1.54) is 0 Å². The summed E-state index contributed by atoms with van der Waals surface area (Å²) < 4.78 is 27.2. The number of aliphatic hydroxyl groups excluding tert-OH is 6. The highest BCUT2D eigenvalue weighted by Gasteiger charge is 2.56. The Hall–Kier alpha value is -3.09. The Bertz CT molecular complexity index is 1110. The SMILES string of the molecule is CC(=O)N[C@@H]1[C@@H](OC2O[C@H](C(=O)O)[C@@H](OC3O[C@H](C(=O)O)[C@@H](O)[C@H](O)[C@@H]3NC(C)=O)[C@H](O)[C@@H]2NC(C)=O)[C@H](O)[C@@H](CO)O[C@@H]1O. The van der Waals surface area contributed by atoms with Crippen LogP contribution in [0.5, 0.6) is 0 Å².